The fourth-order valence-corrected chi connectivity index (χ4v) is 2.80. The van der Waals surface area contributed by atoms with E-state index in [1.165, 1.54) is 0 Å². The van der Waals surface area contributed by atoms with E-state index >= 15 is 0 Å². The van der Waals surface area contributed by atoms with Crippen LogP contribution in [-0.2, 0) is 11.8 Å². The van der Waals surface area contributed by atoms with Crippen molar-refractivity contribution in [3.63, 3.8) is 0 Å². The second-order valence-corrected chi connectivity index (χ2v) is 5.77. The molecule has 0 amide bonds. The van der Waals surface area contributed by atoms with E-state index in [9.17, 15) is 0 Å². The Morgan fingerprint density at radius 2 is 1.90 bits per heavy atom. The highest BCUT2D eigenvalue weighted by Crippen LogP contribution is 2.22. The summed E-state index contributed by atoms with van der Waals surface area (Å²) in [6.45, 7) is 3.09. The largest absolute Gasteiger partial charge is 0.378 e. The Morgan fingerprint density at radius 1 is 1.24 bits per heavy atom. The average Bonchev–Trinajstić information content (AvgIpc) is 2.90. The molecule has 4 nitrogen and oxygen atoms in total. The van der Waals surface area contributed by atoms with E-state index in [0.717, 1.165) is 53.3 Å². The first-order valence-corrected chi connectivity index (χ1v) is 7.61. The standard InChI is InChI=1S/C15H16ClN3OS/c1-18-14(11-2-4-12(16)5-3-11)10-13(17-18)15(21)19-6-8-20-9-7-19/h2-5,10H,6-9H2,1H3. The molecule has 0 radical (unpaired) electrons. The predicted molar refractivity (Wildman–Crippen MR) is 87.7 cm³/mol. The van der Waals surface area contributed by atoms with Gasteiger partial charge in [-0.25, -0.2) is 0 Å². The van der Waals surface area contributed by atoms with E-state index in [2.05, 4.69) is 10.00 Å². The number of nitrogens with zero attached hydrogens (tertiary/aromatic N) is 3. The molecular weight excluding hydrogens is 306 g/mol. The molecule has 0 atom stereocenters. The van der Waals surface area contributed by atoms with Crippen molar-refractivity contribution in [1.82, 2.24) is 14.7 Å². The van der Waals surface area contributed by atoms with Crippen molar-refractivity contribution >= 4 is 28.8 Å². The fourth-order valence-electron chi connectivity index (χ4n) is 2.39. The van der Waals surface area contributed by atoms with Gasteiger partial charge in [0.1, 0.15) is 10.7 Å². The fraction of sp³-hybridized carbons (Fsp3) is 0.333. The smallest absolute Gasteiger partial charge is 0.129 e. The minimum Gasteiger partial charge on any atom is -0.378 e. The summed E-state index contributed by atoms with van der Waals surface area (Å²) < 4.78 is 7.21. The maximum absolute atomic E-state index is 5.93. The van der Waals surface area contributed by atoms with Gasteiger partial charge >= 0.3 is 0 Å². The number of hydrogen-bond donors (Lipinski definition) is 0. The van der Waals surface area contributed by atoms with E-state index < -0.39 is 0 Å². The van der Waals surface area contributed by atoms with Crippen LogP contribution in [0.4, 0.5) is 0 Å². The lowest BCUT2D eigenvalue weighted by molar-refractivity contribution is 0.0692. The molecule has 1 aliphatic rings. The Balaban J connectivity index is 1.86. The summed E-state index contributed by atoms with van der Waals surface area (Å²) in [7, 11) is 1.93. The van der Waals surface area contributed by atoms with Crippen LogP contribution in [0, 0.1) is 0 Å². The third kappa shape index (κ3) is 3.10. The van der Waals surface area contributed by atoms with Crippen molar-refractivity contribution in [1.29, 1.82) is 0 Å². The van der Waals surface area contributed by atoms with Crippen molar-refractivity contribution in [2.45, 2.75) is 0 Å². The minimum atomic E-state index is 0.719. The van der Waals surface area contributed by atoms with Crippen LogP contribution in [0.25, 0.3) is 11.3 Å². The van der Waals surface area contributed by atoms with Crippen LogP contribution in [0.5, 0.6) is 0 Å². The molecule has 2 heterocycles. The SMILES string of the molecule is Cn1nc(C(=S)N2CCOCC2)cc1-c1ccc(Cl)cc1. The molecule has 2 aromatic rings. The van der Waals surface area contributed by atoms with Crippen LogP contribution in [0.15, 0.2) is 30.3 Å². The predicted octanol–water partition coefficient (Wildman–Crippen LogP) is 2.75. The first-order valence-electron chi connectivity index (χ1n) is 6.82. The van der Waals surface area contributed by atoms with Gasteiger partial charge in [-0.05, 0) is 23.8 Å². The number of benzene rings is 1. The number of aryl methyl sites for hydroxylation is 1. The minimum absolute atomic E-state index is 0.719. The van der Waals surface area contributed by atoms with Gasteiger partial charge in [0, 0.05) is 25.2 Å². The third-order valence-corrected chi connectivity index (χ3v) is 4.26. The number of halogens is 1. The monoisotopic (exact) mass is 321 g/mol. The molecule has 0 aliphatic carbocycles. The Labute approximate surface area is 134 Å². The highest BCUT2D eigenvalue weighted by Gasteiger charge is 2.18. The van der Waals surface area contributed by atoms with Gasteiger partial charge in [0.25, 0.3) is 0 Å². The highest BCUT2D eigenvalue weighted by molar-refractivity contribution is 7.80. The summed E-state index contributed by atoms with van der Waals surface area (Å²) in [6, 6.07) is 9.76. The maximum atomic E-state index is 5.93. The summed E-state index contributed by atoms with van der Waals surface area (Å²) >= 11 is 11.5. The number of rotatable bonds is 2. The topological polar surface area (TPSA) is 30.3 Å². The zero-order valence-corrected chi connectivity index (χ0v) is 13.3. The molecule has 1 aromatic carbocycles. The molecule has 0 saturated carbocycles. The van der Waals surface area contributed by atoms with E-state index in [0.29, 0.717) is 0 Å². The first kappa shape index (κ1) is 14.5. The molecule has 6 heteroatoms. The molecule has 1 saturated heterocycles. The van der Waals surface area contributed by atoms with E-state index in [4.69, 9.17) is 28.6 Å². The summed E-state index contributed by atoms with van der Waals surface area (Å²) in [5, 5.41) is 5.27. The summed E-state index contributed by atoms with van der Waals surface area (Å²) in [5.74, 6) is 0. The summed E-state index contributed by atoms with van der Waals surface area (Å²) in [5.41, 5.74) is 2.93. The van der Waals surface area contributed by atoms with Crippen molar-refractivity contribution in [2.75, 3.05) is 26.3 Å². The molecule has 0 N–H and O–H groups in total. The van der Waals surface area contributed by atoms with Crippen LogP contribution >= 0.6 is 23.8 Å². The lowest BCUT2D eigenvalue weighted by atomic mass is 10.1. The summed E-state index contributed by atoms with van der Waals surface area (Å²) in [4.78, 5) is 2.93. The Morgan fingerprint density at radius 3 is 2.57 bits per heavy atom. The van der Waals surface area contributed by atoms with Gasteiger partial charge in [0.05, 0.1) is 18.9 Å². The molecule has 1 aromatic heterocycles. The first-order chi connectivity index (χ1) is 10.1. The lowest BCUT2D eigenvalue weighted by Crippen LogP contribution is -2.40. The van der Waals surface area contributed by atoms with Gasteiger partial charge in [-0.2, -0.15) is 5.10 Å². The van der Waals surface area contributed by atoms with Crippen LogP contribution in [0.1, 0.15) is 5.69 Å². The van der Waals surface area contributed by atoms with E-state index in [-0.39, 0.29) is 0 Å². The average molecular weight is 322 g/mol. The van der Waals surface area contributed by atoms with Crippen LogP contribution in [-0.4, -0.2) is 46.0 Å². The van der Waals surface area contributed by atoms with Gasteiger partial charge in [-0.1, -0.05) is 36.0 Å². The Kier molecular flexibility index (Phi) is 4.24. The number of hydrogen-bond acceptors (Lipinski definition) is 3. The van der Waals surface area contributed by atoms with Gasteiger partial charge in [0.2, 0.25) is 0 Å². The van der Waals surface area contributed by atoms with Gasteiger partial charge in [0.15, 0.2) is 0 Å². The number of morpholine rings is 1. The summed E-state index contributed by atoms with van der Waals surface area (Å²) in [6.07, 6.45) is 0. The van der Waals surface area contributed by atoms with E-state index in [1.807, 2.05) is 42.1 Å². The van der Waals surface area contributed by atoms with Crippen LogP contribution in [0.2, 0.25) is 5.02 Å². The van der Waals surface area contributed by atoms with Crippen molar-refractivity contribution in [2.24, 2.45) is 7.05 Å². The molecular formula is C15H16ClN3OS. The zero-order valence-electron chi connectivity index (χ0n) is 11.8. The Bertz CT molecular complexity index is 647. The number of ether oxygens (including phenoxy) is 1. The molecule has 3 rings (SSSR count). The normalized spacial score (nSPS) is 15.2. The van der Waals surface area contributed by atoms with Gasteiger partial charge in [-0.3, -0.25) is 4.68 Å². The Hall–Kier alpha value is -1.43. The molecule has 110 valence electrons. The lowest BCUT2D eigenvalue weighted by Gasteiger charge is -2.28. The molecule has 0 unspecified atom stereocenters. The van der Waals surface area contributed by atoms with Crippen molar-refractivity contribution in [3.05, 3.63) is 41.0 Å². The maximum Gasteiger partial charge on any atom is 0.129 e. The third-order valence-electron chi connectivity index (χ3n) is 3.54. The molecule has 1 fully saturated rings. The second-order valence-electron chi connectivity index (χ2n) is 4.95. The number of aromatic nitrogens is 2. The van der Waals surface area contributed by atoms with Gasteiger partial charge in [-0.15, -0.1) is 0 Å². The van der Waals surface area contributed by atoms with Gasteiger partial charge < -0.3 is 9.64 Å². The van der Waals surface area contributed by atoms with Crippen LogP contribution < -0.4 is 0 Å². The number of thiocarbonyl (C=S) groups is 1. The quantitative estimate of drug-likeness (QED) is 0.796. The highest BCUT2D eigenvalue weighted by atomic mass is 35.5. The van der Waals surface area contributed by atoms with Crippen LogP contribution in [0.3, 0.4) is 0 Å². The van der Waals surface area contributed by atoms with E-state index in [1.54, 1.807) is 0 Å². The van der Waals surface area contributed by atoms with Crippen molar-refractivity contribution in [3.8, 4) is 11.3 Å². The molecule has 0 bridgehead atoms. The molecule has 0 spiro atoms. The molecule has 21 heavy (non-hydrogen) atoms. The second kappa shape index (κ2) is 6.13. The molecule has 1 aliphatic heterocycles. The van der Waals surface area contributed by atoms with Crippen molar-refractivity contribution < 1.29 is 4.74 Å². The zero-order chi connectivity index (χ0) is 14.8.